The summed E-state index contributed by atoms with van der Waals surface area (Å²) in [6.07, 6.45) is 7.25. The molecule has 0 fully saturated rings. The molecule has 0 radical (unpaired) electrons. The highest BCUT2D eigenvalue weighted by Crippen LogP contribution is 2.32. The van der Waals surface area contributed by atoms with Gasteiger partial charge in [0.15, 0.2) is 5.82 Å². The van der Waals surface area contributed by atoms with Crippen molar-refractivity contribution in [3.05, 3.63) is 73.3 Å². The van der Waals surface area contributed by atoms with Gasteiger partial charge >= 0.3 is 0 Å². The van der Waals surface area contributed by atoms with Gasteiger partial charge in [0.2, 0.25) is 0 Å². The van der Waals surface area contributed by atoms with Crippen molar-refractivity contribution < 1.29 is 0 Å². The molecule has 33 heavy (non-hydrogen) atoms. The van der Waals surface area contributed by atoms with Crippen LogP contribution >= 0.6 is 0 Å². The molecule has 6 aromatic rings. The SMILES string of the molecule is CN(C)c1cncc(-c2ccc3[nH]nc(-c4nc5c(-c6ccccn6)nccc5[nH]4)c3c2)c1. The number of rotatable bonds is 4. The first kappa shape index (κ1) is 19.1. The Morgan fingerprint density at radius 1 is 0.818 bits per heavy atom. The fourth-order valence-electron chi connectivity index (χ4n) is 3.94. The molecule has 5 heterocycles. The topological polar surface area (TPSA) is 99.3 Å². The maximum Gasteiger partial charge on any atom is 0.159 e. The van der Waals surface area contributed by atoms with Crippen LogP contribution in [0, 0.1) is 0 Å². The van der Waals surface area contributed by atoms with E-state index in [4.69, 9.17) is 4.98 Å². The van der Waals surface area contributed by atoms with E-state index in [1.165, 1.54) is 0 Å². The number of aromatic amines is 2. The molecule has 0 spiro atoms. The second-order valence-electron chi connectivity index (χ2n) is 8.01. The number of nitrogens with one attached hydrogen (secondary N) is 2. The largest absolute Gasteiger partial charge is 0.376 e. The number of nitrogens with zero attached hydrogens (tertiary/aromatic N) is 6. The van der Waals surface area contributed by atoms with Gasteiger partial charge in [-0.25, -0.2) is 4.98 Å². The Morgan fingerprint density at radius 3 is 2.61 bits per heavy atom. The summed E-state index contributed by atoms with van der Waals surface area (Å²) in [7, 11) is 4.02. The molecule has 8 heteroatoms. The highest BCUT2D eigenvalue weighted by Gasteiger charge is 2.17. The molecule has 0 atom stereocenters. The van der Waals surface area contributed by atoms with E-state index in [0.29, 0.717) is 5.82 Å². The molecular formula is C25H20N8. The smallest absolute Gasteiger partial charge is 0.159 e. The fraction of sp³-hybridized carbons (Fsp3) is 0.0800. The molecule has 0 aliphatic rings. The van der Waals surface area contributed by atoms with E-state index in [9.17, 15) is 0 Å². The van der Waals surface area contributed by atoms with E-state index in [-0.39, 0.29) is 0 Å². The minimum absolute atomic E-state index is 0.679. The van der Waals surface area contributed by atoms with Gasteiger partial charge in [-0.3, -0.25) is 20.1 Å². The first-order valence-electron chi connectivity index (χ1n) is 10.5. The maximum atomic E-state index is 4.86. The second kappa shape index (κ2) is 7.52. The summed E-state index contributed by atoms with van der Waals surface area (Å²) in [4.78, 5) is 23.7. The second-order valence-corrected chi connectivity index (χ2v) is 8.01. The van der Waals surface area contributed by atoms with Crippen molar-refractivity contribution in [2.24, 2.45) is 0 Å². The molecule has 0 bridgehead atoms. The van der Waals surface area contributed by atoms with E-state index in [1.807, 2.05) is 61.7 Å². The Morgan fingerprint density at radius 2 is 1.76 bits per heavy atom. The third-order valence-electron chi connectivity index (χ3n) is 5.67. The zero-order chi connectivity index (χ0) is 22.4. The van der Waals surface area contributed by atoms with E-state index < -0.39 is 0 Å². The van der Waals surface area contributed by atoms with Crippen LogP contribution in [0.5, 0.6) is 0 Å². The summed E-state index contributed by atoms with van der Waals surface area (Å²) in [6, 6.07) is 16.0. The Hall–Kier alpha value is -4.59. The number of fused-ring (bicyclic) bond motifs is 2. The van der Waals surface area contributed by atoms with Crippen molar-refractivity contribution in [2.45, 2.75) is 0 Å². The van der Waals surface area contributed by atoms with Crippen LogP contribution in [-0.2, 0) is 0 Å². The average molecular weight is 432 g/mol. The standard InChI is InChI=1S/C25H20N8/c1-33(2)17-11-16(13-26-14-17)15-6-7-19-18(12-15)22(32-31-19)25-29-21-8-10-28-23(24(21)30-25)20-5-3-4-9-27-20/h3-14H,1-2H3,(H,29,30)(H,31,32). The molecule has 0 aliphatic carbocycles. The summed E-state index contributed by atoms with van der Waals surface area (Å²) < 4.78 is 0. The van der Waals surface area contributed by atoms with Crippen molar-refractivity contribution in [2.75, 3.05) is 19.0 Å². The predicted octanol–water partition coefficient (Wildman–Crippen LogP) is 4.69. The minimum atomic E-state index is 0.679. The quantitative estimate of drug-likeness (QED) is 0.419. The molecule has 0 saturated heterocycles. The van der Waals surface area contributed by atoms with E-state index in [2.05, 4.69) is 48.3 Å². The Balaban J connectivity index is 1.48. The average Bonchev–Trinajstić information content (AvgIpc) is 3.48. The molecule has 8 nitrogen and oxygen atoms in total. The molecule has 160 valence electrons. The van der Waals surface area contributed by atoms with Gasteiger partial charge in [0.1, 0.15) is 16.9 Å². The number of pyridine rings is 3. The number of benzene rings is 1. The monoisotopic (exact) mass is 432 g/mol. The van der Waals surface area contributed by atoms with Gasteiger partial charge in [-0.15, -0.1) is 0 Å². The van der Waals surface area contributed by atoms with Crippen LogP contribution in [0.2, 0.25) is 0 Å². The molecule has 6 rings (SSSR count). The lowest BCUT2D eigenvalue weighted by Gasteiger charge is -2.13. The van der Waals surface area contributed by atoms with Crippen LogP contribution < -0.4 is 4.90 Å². The van der Waals surface area contributed by atoms with Crippen LogP contribution in [0.4, 0.5) is 5.69 Å². The number of aromatic nitrogens is 7. The molecule has 1 aromatic carbocycles. The zero-order valence-corrected chi connectivity index (χ0v) is 18.1. The Kier molecular flexibility index (Phi) is 4.36. The first-order valence-corrected chi connectivity index (χ1v) is 10.5. The normalized spacial score (nSPS) is 11.3. The van der Waals surface area contributed by atoms with Gasteiger partial charge in [0, 0.05) is 43.6 Å². The lowest BCUT2D eigenvalue weighted by molar-refractivity contribution is 1.10. The van der Waals surface area contributed by atoms with Gasteiger partial charge < -0.3 is 9.88 Å². The lowest BCUT2D eigenvalue weighted by atomic mass is 10.0. The minimum Gasteiger partial charge on any atom is -0.376 e. The summed E-state index contributed by atoms with van der Waals surface area (Å²) in [5.74, 6) is 0.679. The molecule has 5 aromatic heterocycles. The number of imidazole rings is 1. The van der Waals surface area contributed by atoms with Crippen molar-refractivity contribution in [1.29, 1.82) is 0 Å². The molecule has 0 aliphatic heterocycles. The zero-order valence-electron chi connectivity index (χ0n) is 18.1. The molecule has 0 unspecified atom stereocenters. The van der Waals surface area contributed by atoms with E-state index in [0.717, 1.165) is 55.8 Å². The number of anilines is 1. The van der Waals surface area contributed by atoms with Crippen LogP contribution in [0.25, 0.3) is 56.0 Å². The highest BCUT2D eigenvalue weighted by molar-refractivity contribution is 5.97. The Bertz CT molecular complexity index is 1600. The summed E-state index contributed by atoms with van der Waals surface area (Å²) in [6.45, 7) is 0. The molecular weight excluding hydrogens is 412 g/mol. The van der Waals surface area contributed by atoms with Crippen molar-refractivity contribution in [3.63, 3.8) is 0 Å². The van der Waals surface area contributed by atoms with E-state index >= 15 is 0 Å². The molecule has 0 amide bonds. The third kappa shape index (κ3) is 3.28. The number of H-pyrrole nitrogens is 2. The van der Waals surface area contributed by atoms with Crippen LogP contribution in [0.3, 0.4) is 0 Å². The van der Waals surface area contributed by atoms with Crippen molar-refractivity contribution in [3.8, 4) is 34.0 Å². The predicted molar refractivity (Wildman–Crippen MR) is 130 cm³/mol. The van der Waals surface area contributed by atoms with Crippen molar-refractivity contribution in [1.82, 2.24) is 35.1 Å². The fourth-order valence-corrected chi connectivity index (χ4v) is 3.94. The maximum absolute atomic E-state index is 4.86. The number of hydrogen-bond acceptors (Lipinski definition) is 6. The van der Waals surface area contributed by atoms with Crippen molar-refractivity contribution >= 4 is 27.6 Å². The molecule has 2 N–H and O–H groups in total. The molecule has 0 saturated carbocycles. The summed E-state index contributed by atoms with van der Waals surface area (Å²) in [5.41, 5.74) is 8.02. The van der Waals surface area contributed by atoms with Gasteiger partial charge in [-0.2, -0.15) is 5.10 Å². The van der Waals surface area contributed by atoms with Crippen LogP contribution in [0.15, 0.2) is 73.3 Å². The lowest BCUT2D eigenvalue weighted by Crippen LogP contribution is -2.08. The number of hydrogen-bond donors (Lipinski definition) is 2. The van der Waals surface area contributed by atoms with Gasteiger partial charge in [-0.1, -0.05) is 12.1 Å². The summed E-state index contributed by atoms with van der Waals surface area (Å²) in [5, 5.41) is 8.67. The van der Waals surface area contributed by atoms with Gasteiger partial charge in [0.05, 0.1) is 28.6 Å². The van der Waals surface area contributed by atoms with Crippen LogP contribution in [-0.4, -0.2) is 49.2 Å². The van der Waals surface area contributed by atoms with Crippen LogP contribution in [0.1, 0.15) is 0 Å². The Labute approximate surface area is 189 Å². The van der Waals surface area contributed by atoms with E-state index in [1.54, 1.807) is 12.4 Å². The van der Waals surface area contributed by atoms with Gasteiger partial charge in [-0.05, 0) is 42.0 Å². The van der Waals surface area contributed by atoms with Gasteiger partial charge in [0.25, 0.3) is 0 Å². The third-order valence-corrected chi connectivity index (χ3v) is 5.67. The highest BCUT2D eigenvalue weighted by atomic mass is 15.1. The first-order chi connectivity index (χ1) is 16.2. The summed E-state index contributed by atoms with van der Waals surface area (Å²) >= 11 is 0.